The van der Waals surface area contributed by atoms with Gasteiger partial charge in [0.05, 0.1) is 7.11 Å². The van der Waals surface area contributed by atoms with Crippen molar-refractivity contribution in [1.29, 1.82) is 0 Å². The maximum Gasteiger partial charge on any atom is 0.125 e. The Labute approximate surface area is 112 Å². The Morgan fingerprint density at radius 1 is 1.47 bits per heavy atom. The largest absolute Gasteiger partial charge is 0.496 e. The van der Waals surface area contributed by atoms with Crippen molar-refractivity contribution in [3.8, 4) is 5.75 Å². The summed E-state index contributed by atoms with van der Waals surface area (Å²) in [7, 11) is 1.75. The van der Waals surface area contributed by atoms with Gasteiger partial charge >= 0.3 is 0 Å². The highest BCUT2D eigenvalue weighted by Crippen LogP contribution is 2.33. The monoisotopic (exact) mass is 297 g/mol. The van der Waals surface area contributed by atoms with Gasteiger partial charge in [0.25, 0.3) is 0 Å². The number of hydrogen-bond acceptors (Lipinski definition) is 2. The van der Waals surface area contributed by atoms with Gasteiger partial charge in [-0.1, -0.05) is 15.9 Å². The fourth-order valence-corrected chi connectivity index (χ4v) is 3.50. The van der Waals surface area contributed by atoms with Gasteiger partial charge in [0.15, 0.2) is 0 Å². The molecule has 1 aromatic carbocycles. The molecule has 3 heteroatoms. The molecule has 0 aliphatic carbocycles. The van der Waals surface area contributed by atoms with Gasteiger partial charge in [0, 0.05) is 10.5 Å². The van der Waals surface area contributed by atoms with E-state index in [9.17, 15) is 0 Å². The molecule has 1 aliphatic rings. The van der Waals surface area contributed by atoms with Crippen molar-refractivity contribution < 1.29 is 4.74 Å². The third kappa shape index (κ3) is 2.66. The number of ether oxygens (including phenoxy) is 1. The molecule has 1 unspecified atom stereocenters. The SMILES string of the molecule is COc1c(C)cc(Br)c(CC2CCCN2)c1C. The van der Waals surface area contributed by atoms with E-state index in [1.54, 1.807) is 7.11 Å². The second-order valence-corrected chi connectivity index (χ2v) is 5.66. The van der Waals surface area contributed by atoms with E-state index in [1.807, 2.05) is 0 Å². The van der Waals surface area contributed by atoms with E-state index >= 15 is 0 Å². The van der Waals surface area contributed by atoms with E-state index in [2.05, 4.69) is 41.2 Å². The maximum atomic E-state index is 5.49. The lowest BCUT2D eigenvalue weighted by atomic mass is 9.97. The van der Waals surface area contributed by atoms with Crippen LogP contribution in [0, 0.1) is 13.8 Å². The molecule has 1 aliphatic heterocycles. The van der Waals surface area contributed by atoms with Gasteiger partial charge in [-0.2, -0.15) is 0 Å². The summed E-state index contributed by atoms with van der Waals surface area (Å²) in [5, 5.41) is 3.55. The van der Waals surface area contributed by atoms with Crippen molar-refractivity contribution in [3.63, 3.8) is 0 Å². The minimum absolute atomic E-state index is 0.623. The topological polar surface area (TPSA) is 21.3 Å². The van der Waals surface area contributed by atoms with Gasteiger partial charge < -0.3 is 10.1 Å². The average molecular weight is 298 g/mol. The van der Waals surface area contributed by atoms with Crippen LogP contribution in [0.4, 0.5) is 0 Å². The quantitative estimate of drug-likeness (QED) is 0.924. The number of aryl methyl sites for hydroxylation is 1. The number of halogens is 1. The number of hydrogen-bond donors (Lipinski definition) is 1. The van der Waals surface area contributed by atoms with Crippen molar-refractivity contribution in [2.24, 2.45) is 0 Å². The van der Waals surface area contributed by atoms with Gasteiger partial charge in [-0.25, -0.2) is 0 Å². The second-order valence-electron chi connectivity index (χ2n) is 4.81. The van der Waals surface area contributed by atoms with Gasteiger partial charge in [-0.3, -0.25) is 0 Å². The molecule has 0 radical (unpaired) electrons. The summed E-state index contributed by atoms with van der Waals surface area (Å²) in [6, 6.07) is 2.79. The highest BCUT2D eigenvalue weighted by Gasteiger charge is 2.19. The molecule has 0 bridgehead atoms. The zero-order chi connectivity index (χ0) is 12.4. The van der Waals surface area contributed by atoms with Crippen LogP contribution in [0.5, 0.6) is 5.75 Å². The van der Waals surface area contributed by atoms with Crippen LogP contribution in [0.15, 0.2) is 10.5 Å². The lowest BCUT2D eigenvalue weighted by Gasteiger charge is -2.18. The van der Waals surface area contributed by atoms with E-state index in [0.29, 0.717) is 6.04 Å². The van der Waals surface area contributed by atoms with Crippen molar-refractivity contribution >= 4 is 15.9 Å². The molecular formula is C14H20BrNO. The molecule has 0 saturated carbocycles. The van der Waals surface area contributed by atoms with E-state index < -0.39 is 0 Å². The Morgan fingerprint density at radius 2 is 2.24 bits per heavy atom. The van der Waals surface area contributed by atoms with E-state index in [4.69, 9.17) is 4.74 Å². The zero-order valence-corrected chi connectivity index (χ0v) is 12.4. The van der Waals surface area contributed by atoms with Gasteiger partial charge in [-0.05, 0) is 62.4 Å². The Morgan fingerprint density at radius 3 is 2.82 bits per heavy atom. The normalized spacial score (nSPS) is 19.6. The molecule has 0 spiro atoms. The minimum atomic E-state index is 0.623. The summed E-state index contributed by atoms with van der Waals surface area (Å²) in [4.78, 5) is 0. The van der Waals surface area contributed by atoms with Crippen molar-refractivity contribution in [2.75, 3.05) is 13.7 Å². The smallest absolute Gasteiger partial charge is 0.125 e. The van der Waals surface area contributed by atoms with Crippen LogP contribution in [-0.4, -0.2) is 19.7 Å². The Bertz CT molecular complexity index is 411. The number of nitrogens with one attached hydrogen (secondary N) is 1. The molecule has 1 N–H and O–H groups in total. The first kappa shape index (κ1) is 12.9. The predicted octanol–water partition coefficient (Wildman–Crippen LogP) is 3.37. The summed E-state index contributed by atoms with van der Waals surface area (Å²) < 4.78 is 6.70. The van der Waals surface area contributed by atoms with Gasteiger partial charge in [0.2, 0.25) is 0 Å². The van der Waals surface area contributed by atoms with E-state index in [1.165, 1.54) is 34.0 Å². The molecule has 17 heavy (non-hydrogen) atoms. The molecule has 94 valence electrons. The fourth-order valence-electron chi connectivity index (χ4n) is 2.70. The highest BCUT2D eigenvalue weighted by atomic mass is 79.9. The molecule has 2 rings (SSSR count). The summed E-state index contributed by atoms with van der Waals surface area (Å²) >= 11 is 3.69. The molecule has 1 saturated heterocycles. The molecule has 0 amide bonds. The number of rotatable bonds is 3. The van der Waals surface area contributed by atoms with Crippen LogP contribution >= 0.6 is 15.9 Å². The van der Waals surface area contributed by atoms with Crippen molar-refractivity contribution in [1.82, 2.24) is 5.32 Å². The number of methoxy groups -OCH3 is 1. The minimum Gasteiger partial charge on any atom is -0.496 e. The molecule has 1 heterocycles. The summed E-state index contributed by atoms with van der Waals surface area (Å²) in [5.74, 6) is 1.03. The van der Waals surface area contributed by atoms with Crippen LogP contribution < -0.4 is 10.1 Å². The number of benzene rings is 1. The Hall–Kier alpha value is -0.540. The first-order valence-electron chi connectivity index (χ1n) is 6.19. The van der Waals surface area contributed by atoms with Crippen LogP contribution in [0.25, 0.3) is 0 Å². The second kappa shape index (κ2) is 5.40. The molecule has 2 nitrogen and oxygen atoms in total. The van der Waals surface area contributed by atoms with E-state index in [-0.39, 0.29) is 0 Å². The van der Waals surface area contributed by atoms with Crippen molar-refractivity contribution in [3.05, 3.63) is 27.2 Å². The lowest BCUT2D eigenvalue weighted by molar-refractivity contribution is 0.407. The standard InChI is InChI=1S/C14H20BrNO/c1-9-7-13(15)12(10(2)14(9)17-3)8-11-5-4-6-16-11/h7,11,16H,4-6,8H2,1-3H3. The average Bonchev–Trinajstić information content (AvgIpc) is 2.77. The van der Waals surface area contributed by atoms with Crippen molar-refractivity contribution in [2.45, 2.75) is 39.2 Å². The molecular weight excluding hydrogens is 278 g/mol. The fraction of sp³-hybridized carbons (Fsp3) is 0.571. The van der Waals surface area contributed by atoms with Crippen LogP contribution in [0.3, 0.4) is 0 Å². The summed E-state index contributed by atoms with van der Waals surface area (Å²) in [6.45, 7) is 5.40. The molecule has 1 fully saturated rings. The third-order valence-corrected chi connectivity index (χ3v) is 4.31. The predicted molar refractivity (Wildman–Crippen MR) is 74.9 cm³/mol. The van der Waals surface area contributed by atoms with E-state index in [0.717, 1.165) is 18.7 Å². The highest BCUT2D eigenvalue weighted by molar-refractivity contribution is 9.10. The van der Waals surface area contributed by atoms with Gasteiger partial charge in [0.1, 0.15) is 5.75 Å². The molecule has 1 aromatic rings. The Balaban J connectivity index is 2.31. The van der Waals surface area contributed by atoms with Crippen LogP contribution in [0.1, 0.15) is 29.5 Å². The first-order valence-corrected chi connectivity index (χ1v) is 6.98. The van der Waals surface area contributed by atoms with Crippen LogP contribution in [-0.2, 0) is 6.42 Å². The third-order valence-electron chi connectivity index (χ3n) is 3.60. The Kier molecular flexibility index (Phi) is 4.10. The summed E-state index contributed by atoms with van der Waals surface area (Å²) in [6.07, 6.45) is 3.66. The first-order chi connectivity index (χ1) is 8.13. The molecule has 1 atom stereocenters. The molecule has 0 aromatic heterocycles. The van der Waals surface area contributed by atoms with Crippen LogP contribution in [0.2, 0.25) is 0 Å². The zero-order valence-electron chi connectivity index (χ0n) is 10.8. The summed E-state index contributed by atoms with van der Waals surface area (Å²) in [5.41, 5.74) is 3.85. The lowest BCUT2D eigenvalue weighted by Crippen LogP contribution is -2.24. The maximum absolute atomic E-state index is 5.49. The van der Waals surface area contributed by atoms with Gasteiger partial charge in [-0.15, -0.1) is 0 Å².